The molecule has 1 spiro atoms. The quantitative estimate of drug-likeness (QED) is 0.312. The highest BCUT2D eigenvalue weighted by Gasteiger charge is 2.69. The zero-order chi connectivity index (χ0) is 31.6. The van der Waals surface area contributed by atoms with Crippen molar-refractivity contribution in [1.82, 2.24) is 10.2 Å². The molecule has 0 bridgehead atoms. The van der Waals surface area contributed by atoms with Crippen LogP contribution in [0.5, 0.6) is 0 Å². The number of carbonyl (C=O) groups is 2. The van der Waals surface area contributed by atoms with Gasteiger partial charge in [-0.05, 0) is 123 Å². The van der Waals surface area contributed by atoms with Gasteiger partial charge in [-0.15, -0.1) is 0 Å². The lowest BCUT2D eigenvalue weighted by Crippen LogP contribution is -2.57. The van der Waals surface area contributed by atoms with Crippen molar-refractivity contribution in [1.29, 1.82) is 0 Å². The first-order valence-corrected chi connectivity index (χ1v) is 19.1. The number of carbonyl (C=O) groups excluding carboxylic acids is 1. The Kier molecular flexibility index (Phi) is 8.79. The number of nitrogens with zero attached hydrogens (tertiary/aromatic N) is 1. The Balaban J connectivity index is 0.993. The van der Waals surface area contributed by atoms with Gasteiger partial charge in [0.1, 0.15) is 0 Å². The summed E-state index contributed by atoms with van der Waals surface area (Å²) in [6.45, 7) is 11.4. The molecule has 2 aliphatic heterocycles. The van der Waals surface area contributed by atoms with E-state index in [1.807, 2.05) is 4.90 Å². The summed E-state index contributed by atoms with van der Waals surface area (Å²) in [5.74, 6) is 3.66. The van der Waals surface area contributed by atoms with Crippen LogP contribution in [0.2, 0.25) is 0 Å². The number of amides is 2. The summed E-state index contributed by atoms with van der Waals surface area (Å²) in [5, 5.41) is 12.7. The van der Waals surface area contributed by atoms with Gasteiger partial charge >= 0.3 is 12.0 Å². The van der Waals surface area contributed by atoms with Crippen LogP contribution in [-0.2, 0) is 14.3 Å². The topological polar surface area (TPSA) is 88.1 Å². The van der Waals surface area contributed by atoms with Crippen molar-refractivity contribution in [3.8, 4) is 0 Å². The van der Waals surface area contributed by atoms with Crippen LogP contribution >= 0.6 is 0 Å². The fraction of sp³-hybridized carbons (Fsp3) is 0.947. The largest absolute Gasteiger partial charge is 0.481 e. The van der Waals surface area contributed by atoms with E-state index >= 15 is 0 Å². The van der Waals surface area contributed by atoms with Gasteiger partial charge in [0.15, 0.2) is 5.79 Å². The molecule has 5 saturated carbocycles. The number of fused-ring (bicyclic) bond motifs is 7. The second kappa shape index (κ2) is 12.3. The molecular formula is C38H62N2O5. The number of urea groups is 1. The maximum atomic E-state index is 13.7. The van der Waals surface area contributed by atoms with Crippen LogP contribution < -0.4 is 5.32 Å². The number of rotatable bonds is 6. The average Bonchev–Trinajstić information content (AvgIpc) is 3.46. The van der Waals surface area contributed by atoms with E-state index in [2.05, 4.69) is 33.0 Å². The number of nitrogens with one attached hydrogen (secondary N) is 1. The molecule has 0 aromatic rings. The van der Waals surface area contributed by atoms with Gasteiger partial charge in [0.2, 0.25) is 0 Å². The third-order valence-corrected chi connectivity index (χ3v) is 15.3. The molecule has 7 aliphatic rings. The first-order valence-electron chi connectivity index (χ1n) is 19.1. The molecule has 45 heavy (non-hydrogen) atoms. The Bertz CT molecular complexity index is 1100. The molecule has 254 valence electrons. The molecule has 2 saturated heterocycles. The minimum Gasteiger partial charge on any atom is -0.481 e. The van der Waals surface area contributed by atoms with Crippen LogP contribution in [0, 0.1) is 52.3 Å². The van der Waals surface area contributed by atoms with Crippen LogP contribution in [0.25, 0.3) is 0 Å². The van der Waals surface area contributed by atoms with E-state index in [0.29, 0.717) is 53.6 Å². The first kappa shape index (κ1) is 32.2. The van der Waals surface area contributed by atoms with E-state index in [0.717, 1.165) is 56.5 Å². The standard InChI is InChI=1S/C38H62N2O5/c1-24-14-19-38(44-23-24)25(2)34-32(45-38)22-31-29-13-12-26-21-27(15-17-36(26,3)30(29)16-18-37(31,34)4)39-35(43)40(20-8-11-33(41)42)28-9-6-5-7-10-28/h24-32,34H,5-23H2,1-4H3,(H,39,43)(H,41,42)/t24-,25-,26+,27+,29+,30?,31?,32-,34-,36-,37-,38+/m0/s1. The van der Waals surface area contributed by atoms with Gasteiger partial charge in [-0.25, -0.2) is 4.79 Å². The molecule has 12 atom stereocenters. The van der Waals surface area contributed by atoms with E-state index in [9.17, 15) is 14.7 Å². The molecule has 2 amide bonds. The molecule has 7 rings (SSSR count). The Morgan fingerprint density at radius 1 is 0.889 bits per heavy atom. The van der Waals surface area contributed by atoms with Crippen molar-refractivity contribution >= 4 is 12.0 Å². The predicted molar refractivity (Wildman–Crippen MR) is 174 cm³/mol. The lowest BCUT2D eigenvalue weighted by atomic mass is 9.44. The molecule has 0 radical (unpaired) electrons. The maximum absolute atomic E-state index is 13.7. The van der Waals surface area contributed by atoms with E-state index in [-0.39, 0.29) is 30.3 Å². The molecule has 2 heterocycles. The third kappa shape index (κ3) is 5.56. The summed E-state index contributed by atoms with van der Waals surface area (Å²) in [7, 11) is 0. The average molecular weight is 627 g/mol. The minimum absolute atomic E-state index is 0.0591. The smallest absolute Gasteiger partial charge is 0.317 e. The number of ether oxygens (including phenoxy) is 2. The summed E-state index contributed by atoms with van der Waals surface area (Å²) in [6.07, 6.45) is 18.9. The van der Waals surface area contributed by atoms with Crippen molar-refractivity contribution in [3.63, 3.8) is 0 Å². The van der Waals surface area contributed by atoms with Gasteiger partial charge in [0, 0.05) is 37.4 Å². The predicted octanol–water partition coefficient (Wildman–Crippen LogP) is 8.01. The van der Waals surface area contributed by atoms with E-state index in [1.165, 1.54) is 64.2 Å². The molecule has 7 fully saturated rings. The van der Waals surface area contributed by atoms with Crippen LogP contribution in [0.1, 0.15) is 137 Å². The Morgan fingerprint density at radius 3 is 2.40 bits per heavy atom. The van der Waals surface area contributed by atoms with E-state index in [4.69, 9.17) is 9.47 Å². The van der Waals surface area contributed by atoms with Gasteiger partial charge in [-0.1, -0.05) is 47.0 Å². The Morgan fingerprint density at radius 2 is 1.67 bits per heavy atom. The summed E-state index contributed by atoms with van der Waals surface area (Å²) in [4.78, 5) is 26.9. The van der Waals surface area contributed by atoms with Crippen LogP contribution in [0.4, 0.5) is 4.79 Å². The van der Waals surface area contributed by atoms with Gasteiger partial charge < -0.3 is 24.8 Å². The van der Waals surface area contributed by atoms with Gasteiger partial charge in [0.05, 0.1) is 12.7 Å². The first-order chi connectivity index (χ1) is 21.5. The van der Waals surface area contributed by atoms with Gasteiger partial charge in [-0.2, -0.15) is 0 Å². The summed E-state index contributed by atoms with van der Waals surface area (Å²) in [5.41, 5.74) is 0.725. The molecule has 7 heteroatoms. The summed E-state index contributed by atoms with van der Waals surface area (Å²) in [6, 6.07) is 0.555. The van der Waals surface area contributed by atoms with E-state index < -0.39 is 5.97 Å². The summed E-state index contributed by atoms with van der Waals surface area (Å²) < 4.78 is 13.5. The fourth-order valence-corrected chi connectivity index (χ4v) is 12.9. The second-order valence-corrected chi connectivity index (χ2v) is 17.6. The normalized spacial score (nSPS) is 47.8. The van der Waals surface area contributed by atoms with Crippen molar-refractivity contribution < 1.29 is 24.2 Å². The van der Waals surface area contributed by atoms with Crippen LogP contribution in [-0.4, -0.2) is 59.1 Å². The lowest BCUT2D eigenvalue weighted by Gasteiger charge is -2.61. The molecule has 0 aromatic heterocycles. The SMILES string of the molecule is C[C@H]1CC[C@@]2(OC1)O[C@H]1CC3[C@@H]4CC[C@@H]5C[C@H](NC(=O)N(CCCC(=O)O)C6CCCCC6)CC[C@]5(C)C4CC[C@]3(C)[C@H]1[C@@H]2C. The number of hydrogen-bond acceptors (Lipinski definition) is 4. The maximum Gasteiger partial charge on any atom is 0.317 e. The van der Waals surface area contributed by atoms with Crippen LogP contribution in [0.15, 0.2) is 0 Å². The molecular weight excluding hydrogens is 564 g/mol. The number of aliphatic carboxylic acids is 1. The number of hydrogen-bond donors (Lipinski definition) is 2. The zero-order valence-electron chi connectivity index (χ0n) is 28.7. The summed E-state index contributed by atoms with van der Waals surface area (Å²) >= 11 is 0. The van der Waals surface area contributed by atoms with Gasteiger partial charge in [-0.3, -0.25) is 4.79 Å². The lowest BCUT2D eigenvalue weighted by molar-refractivity contribution is -0.273. The molecule has 2 N–H and O–H groups in total. The van der Waals surface area contributed by atoms with Crippen molar-refractivity contribution in [2.75, 3.05) is 13.2 Å². The van der Waals surface area contributed by atoms with Crippen molar-refractivity contribution in [3.05, 3.63) is 0 Å². The molecule has 5 aliphatic carbocycles. The molecule has 2 unspecified atom stereocenters. The minimum atomic E-state index is -0.774. The highest BCUT2D eigenvalue weighted by atomic mass is 16.7. The number of carboxylic acids is 1. The Hall–Kier alpha value is -1.34. The second-order valence-electron chi connectivity index (χ2n) is 17.6. The van der Waals surface area contributed by atoms with Gasteiger partial charge in [0.25, 0.3) is 0 Å². The zero-order valence-corrected chi connectivity index (χ0v) is 28.7. The van der Waals surface area contributed by atoms with Crippen molar-refractivity contribution in [2.45, 2.75) is 161 Å². The van der Waals surface area contributed by atoms with Crippen LogP contribution in [0.3, 0.4) is 0 Å². The highest BCUT2D eigenvalue weighted by molar-refractivity contribution is 5.75. The number of carboxylic acid groups (broad SMARTS) is 1. The highest BCUT2D eigenvalue weighted by Crippen LogP contribution is 2.71. The van der Waals surface area contributed by atoms with E-state index in [1.54, 1.807) is 0 Å². The Labute approximate surface area is 272 Å². The van der Waals surface area contributed by atoms with Crippen molar-refractivity contribution in [2.24, 2.45) is 52.3 Å². The molecule has 7 nitrogen and oxygen atoms in total. The fourth-order valence-electron chi connectivity index (χ4n) is 12.9. The third-order valence-electron chi connectivity index (χ3n) is 15.3. The monoisotopic (exact) mass is 626 g/mol. The molecule has 0 aromatic carbocycles.